The predicted molar refractivity (Wildman–Crippen MR) is 64.3 cm³/mol. The van der Waals surface area contributed by atoms with Crippen molar-refractivity contribution in [2.75, 3.05) is 24.7 Å². The molecule has 1 aromatic rings. The molecule has 0 aliphatic heterocycles. The summed E-state index contributed by atoms with van der Waals surface area (Å²) >= 11 is 4.28. The molecule has 3 N–H and O–H groups in total. The van der Waals surface area contributed by atoms with Crippen molar-refractivity contribution >= 4 is 24.0 Å². The van der Waals surface area contributed by atoms with Gasteiger partial charge in [-0.15, -0.1) is 0 Å². The van der Waals surface area contributed by atoms with Gasteiger partial charge in [-0.2, -0.15) is 12.6 Å². The summed E-state index contributed by atoms with van der Waals surface area (Å²) in [6, 6.07) is 5.54. The van der Waals surface area contributed by atoms with Crippen molar-refractivity contribution in [2.45, 2.75) is 12.2 Å². The minimum absolute atomic E-state index is 0.292. The lowest BCUT2D eigenvalue weighted by Gasteiger charge is -2.12. The number of benzene rings is 1. The predicted octanol–water partition coefficient (Wildman–Crippen LogP) is 2.01. The van der Waals surface area contributed by atoms with Crippen LogP contribution < -0.4 is 15.8 Å². The van der Waals surface area contributed by atoms with Crippen LogP contribution in [0.2, 0.25) is 0 Å². The lowest BCUT2D eigenvalue weighted by molar-refractivity contribution is 0.415. The van der Waals surface area contributed by atoms with Crippen LogP contribution in [0.25, 0.3) is 0 Å². The van der Waals surface area contributed by atoms with Crippen LogP contribution in [0.3, 0.4) is 0 Å². The highest BCUT2D eigenvalue weighted by molar-refractivity contribution is 7.80. The molecule has 0 spiro atoms. The number of ether oxygens (including phenoxy) is 1. The second-order valence-electron chi connectivity index (χ2n) is 3.18. The van der Waals surface area contributed by atoms with Crippen LogP contribution in [0, 0.1) is 0 Å². The van der Waals surface area contributed by atoms with E-state index in [1.54, 1.807) is 7.11 Å². The molecule has 14 heavy (non-hydrogen) atoms. The number of hydrogen-bond acceptors (Lipinski definition) is 4. The molecule has 0 fully saturated rings. The standard InChI is InChI=1S/C10H16N2OS/c1-7(14)6-12-10-5-8(13-2)3-4-9(10)11/h3-5,7,12,14H,6,11H2,1-2H3. The van der Waals surface area contributed by atoms with Crippen molar-refractivity contribution in [1.82, 2.24) is 0 Å². The molecule has 78 valence electrons. The minimum Gasteiger partial charge on any atom is -0.497 e. The van der Waals surface area contributed by atoms with Gasteiger partial charge in [0.2, 0.25) is 0 Å². The van der Waals surface area contributed by atoms with E-state index in [1.165, 1.54) is 0 Å². The van der Waals surface area contributed by atoms with Crippen molar-refractivity contribution in [3.8, 4) is 5.75 Å². The third kappa shape index (κ3) is 3.03. The Balaban J connectivity index is 2.73. The van der Waals surface area contributed by atoms with Crippen LogP contribution in [0.15, 0.2) is 18.2 Å². The number of nitrogens with one attached hydrogen (secondary N) is 1. The summed E-state index contributed by atoms with van der Waals surface area (Å²) in [6.07, 6.45) is 0. The molecule has 1 aromatic carbocycles. The normalized spacial score (nSPS) is 12.2. The average molecular weight is 212 g/mol. The summed E-state index contributed by atoms with van der Waals surface area (Å²) in [6.45, 7) is 2.80. The zero-order valence-electron chi connectivity index (χ0n) is 8.45. The average Bonchev–Trinajstić information content (AvgIpc) is 2.16. The summed E-state index contributed by atoms with van der Waals surface area (Å²) in [5, 5.41) is 3.50. The molecule has 0 heterocycles. The molecular weight excluding hydrogens is 196 g/mol. The molecule has 3 nitrogen and oxygen atoms in total. The molecule has 0 aromatic heterocycles. The van der Waals surface area contributed by atoms with Gasteiger partial charge in [-0.3, -0.25) is 0 Å². The summed E-state index contributed by atoms with van der Waals surface area (Å²) < 4.78 is 5.10. The molecule has 0 aliphatic carbocycles. The first-order valence-corrected chi connectivity index (χ1v) is 5.00. The van der Waals surface area contributed by atoms with Gasteiger partial charge in [-0.05, 0) is 12.1 Å². The van der Waals surface area contributed by atoms with E-state index in [1.807, 2.05) is 25.1 Å². The van der Waals surface area contributed by atoms with Gasteiger partial charge >= 0.3 is 0 Å². The van der Waals surface area contributed by atoms with Crippen molar-refractivity contribution in [2.24, 2.45) is 0 Å². The van der Waals surface area contributed by atoms with E-state index in [9.17, 15) is 0 Å². The SMILES string of the molecule is COc1ccc(N)c(NCC(C)S)c1. The van der Waals surface area contributed by atoms with Gasteiger partial charge in [0.1, 0.15) is 5.75 Å². The molecule has 4 heteroatoms. The van der Waals surface area contributed by atoms with Gasteiger partial charge in [0, 0.05) is 17.9 Å². The Hall–Kier alpha value is -1.03. The minimum atomic E-state index is 0.292. The van der Waals surface area contributed by atoms with Gasteiger partial charge in [-0.1, -0.05) is 6.92 Å². The van der Waals surface area contributed by atoms with Crippen LogP contribution in [-0.2, 0) is 0 Å². The number of thiol groups is 1. The first kappa shape index (κ1) is 11.0. The van der Waals surface area contributed by atoms with E-state index in [0.29, 0.717) is 5.25 Å². The van der Waals surface area contributed by atoms with Crippen molar-refractivity contribution in [3.63, 3.8) is 0 Å². The summed E-state index contributed by atoms with van der Waals surface area (Å²) in [7, 11) is 1.64. The number of hydrogen-bond donors (Lipinski definition) is 3. The maximum absolute atomic E-state index is 5.79. The molecule has 0 bridgehead atoms. The topological polar surface area (TPSA) is 47.3 Å². The Morgan fingerprint density at radius 1 is 1.57 bits per heavy atom. The van der Waals surface area contributed by atoms with Crippen LogP contribution in [0.5, 0.6) is 5.75 Å². The molecule has 0 aliphatic rings. The van der Waals surface area contributed by atoms with Crippen LogP contribution in [0.1, 0.15) is 6.92 Å². The molecule has 1 atom stereocenters. The van der Waals surface area contributed by atoms with Gasteiger partial charge in [0.25, 0.3) is 0 Å². The van der Waals surface area contributed by atoms with E-state index >= 15 is 0 Å². The van der Waals surface area contributed by atoms with Gasteiger partial charge in [0.15, 0.2) is 0 Å². The number of nitrogens with two attached hydrogens (primary N) is 1. The van der Waals surface area contributed by atoms with Gasteiger partial charge in [-0.25, -0.2) is 0 Å². The smallest absolute Gasteiger partial charge is 0.121 e. The number of anilines is 2. The third-order valence-electron chi connectivity index (χ3n) is 1.85. The highest BCUT2D eigenvalue weighted by atomic mass is 32.1. The fourth-order valence-electron chi connectivity index (χ4n) is 1.07. The lowest BCUT2D eigenvalue weighted by Crippen LogP contribution is -2.11. The number of rotatable bonds is 4. The van der Waals surface area contributed by atoms with Crippen LogP contribution in [0.4, 0.5) is 11.4 Å². The van der Waals surface area contributed by atoms with Crippen molar-refractivity contribution in [1.29, 1.82) is 0 Å². The zero-order valence-corrected chi connectivity index (χ0v) is 9.34. The van der Waals surface area contributed by atoms with Crippen molar-refractivity contribution in [3.05, 3.63) is 18.2 Å². The molecule has 0 saturated heterocycles. The fourth-order valence-corrected chi connectivity index (χ4v) is 1.16. The summed E-state index contributed by atoms with van der Waals surface area (Å²) in [4.78, 5) is 0. The van der Waals surface area contributed by atoms with E-state index in [4.69, 9.17) is 10.5 Å². The highest BCUT2D eigenvalue weighted by Crippen LogP contribution is 2.24. The van der Waals surface area contributed by atoms with Gasteiger partial charge in [0.05, 0.1) is 18.5 Å². The maximum atomic E-state index is 5.79. The second-order valence-corrected chi connectivity index (χ2v) is 4.06. The molecule has 1 unspecified atom stereocenters. The maximum Gasteiger partial charge on any atom is 0.121 e. The zero-order chi connectivity index (χ0) is 10.6. The van der Waals surface area contributed by atoms with Crippen LogP contribution >= 0.6 is 12.6 Å². The van der Waals surface area contributed by atoms with E-state index < -0.39 is 0 Å². The summed E-state index contributed by atoms with van der Waals surface area (Å²) in [5.74, 6) is 0.800. The fraction of sp³-hybridized carbons (Fsp3) is 0.400. The Morgan fingerprint density at radius 3 is 2.86 bits per heavy atom. The second kappa shape index (κ2) is 5.00. The Labute approximate surface area is 90.0 Å². The van der Waals surface area contributed by atoms with E-state index in [2.05, 4.69) is 17.9 Å². The third-order valence-corrected chi connectivity index (χ3v) is 2.03. The first-order valence-electron chi connectivity index (χ1n) is 4.49. The molecular formula is C10H16N2OS. The quantitative estimate of drug-likeness (QED) is 0.528. The molecule has 0 saturated carbocycles. The van der Waals surface area contributed by atoms with Crippen molar-refractivity contribution < 1.29 is 4.74 Å². The number of nitrogen functional groups attached to an aromatic ring is 1. The highest BCUT2D eigenvalue weighted by Gasteiger charge is 2.01. The molecule has 1 rings (SSSR count). The van der Waals surface area contributed by atoms with E-state index in [0.717, 1.165) is 23.7 Å². The van der Waals surface area contributed by atoms with Gasteiger partial charge < -0.3 is 15.8 Å². The lowest BCUT2D eigenvalue weighted by atomic mass is 10.2. The summed E-state index contributed by atoms with van der Waals surface area (Å²) in [5.41, 5.74) is 7.40. The number of methoxy groups -OCH3 is 1. The Morgan fingerprint density at radius 2 is 2.29 bits per heavy atom. The van der Waals surface area contributed by atoms with Crippen LogP contribution in [-0.4, -0.2) is 18.9 Å². The first-order chi connectivity index (χ1) is 6.63. The Bertz CT molecular complexity index is 302. The Kier molecular flexibility index (Phi) is 3.95. The van der Waals surface area contributed by atoms with E-state index in [-0.39, 0.29) is 0 Å². The molecule has 0 radical (unpaired) electrons. The monoisotopic (exact) mass is 212 g/mol. The molecule has 0 amide bonds. The largest absolute Gasteiger partial charge is 0.497 e.